The summed E-state index contributed by atoms with van der Waals surface area (Å²) in [5.74, 6) is 0. The smallest absolute Gasteiger partial charge is 0.0596 e. The molecule has 0 saturated carbocycles. The molecule has 0 heterocycles. The first-order valence-corrected chi connectivity index (χ1v) is 6.58. The van der Waals surface area contributed by atoms with E-state index in [-0.39, 0.29) is 0 Å². The summed E-state index contributed by atoms with van der Waals surface area (Å²) >= 11 is 0. The van der Waals surface area contributed by atoms with E-state index in [1.165, 1.54) is 6.42 Å². The highest BCUT2D eigenvalue weighted by Crippen LogP contribution is 2.05. The second-order valence-electron chi connectivity index (χ2n) is 4.71. The van der Waals surface area contributed by atoms with E-state index in [0.717, 1.165) is 19.7 Å². The third-order valence-electron chi connectivity index (χ3n) is 3.08. The van der Waals surface area contributed by atoms with Crippen molar-refractivity contribution in [2.75, 3.05) is 26.7 Å². The Hall–Kier alpha value is -0.120. The molecule has 0 fully saturated rings. The molecule has 16 heavy (non-hydrogen) atoms. The molecule has 2 unspecified atom stereocenters. The fourth-order valence-corrected chi connectivity index (χ4v) is 1.86. The van der Waals surface area contributed by atoms with E-state index in [1.54, 1.807) is 0 Å². The SMILES string of the molecule is CCNC(CC)C(C)N(C)CCOC(C)C. The Bertz CT molecular complexity index is 162. The van der Waals surface area contributed by atoms with Gasteiger partial charge in [-0.25, -0.2) is 0 Å². The lowest BCUT2D eigenvalue weighted by molar-refractivity contribution is 0.0533. The van der Waals surface area contributed by atoms with E-state index in [4.69, 9.17) is 4.74 Å². The van der Waals surface area contributed by atoms with Gasteiger partial charge in [0.2, 0.25) is 0 Å². The maximum atomic E-state index is 5.57. The van der Waals surface area contributed by atoms with Crippen LogP contribution in [0, 0.1) is 0 Å². The number of hydrogen-bond donors (Lipinski definition) is 1. The van der Waals surface area contributed by atoms with Crippen LogP contribution in [0.5, 0.6) is 0 Å². The lowest BCUT2D eigenvalue weighted by Crippen LogP contribution is -2.47. The fourth-order valence-electron chi connectivity index (χ4n) is 1.86. The van der Waals surface area contributed by atoms with Crippen molar-refractivity contribution < 1.29 is 4.74 Å². The Morgan fingerprint density at radius 2 is 1.81 bits per heavy atom. The Morgan fingerprint density at radius 3 is 2.25 bits per heavy atom. The topological polar surface area (TPSA) is 24.5 Å². The van der Waals surface area contributed by atoms with Crippen LogP contribution in [-0.2, 0) is 4.74 Å². The number of nitrogens with one attached hydrogen (secondary N) is 1. The van der Waals surface area contributed by atoms with Crippen molar-refractivity contribution in [3.8, 4) is 0 Å². The van der Waals surface area contributed by atoms with Crippen molar-refractivity contribution >= 4 is 0 Å². The lowest BCUT2D eigenvalue weighted by Gasteiger charge is -2.32. The van der Waals surface area contributed by atoms with Gasteiger partial charge in [-0.3, -0.25) is 4.90 Å². The summed E-state index contributed by atoms with van der Waals surface area (Å²) in [4.78, 5) is 2.37. The van der Waals surface area contributed by atoms with Crippen LogP contribution < -0.4 is 5.32 Å². The van der Waals surface area contributed by atoms with Gasteiger partial charge < -0.3 is 10.1 Å². The summed E-state index contributed by atoms with van der Waals surface area (Å²) in [5.41, 5.74) is 0. The van der Waals surface area contributed by atoms with Crippen LogP contribution in [0.15, 0.2) is 0 Å². The van der Waals surface area contributed by atoms with Crippen LogP contribution in [0.3, 0.4) is 0 Å². The summed E-state index contributed by atoms with van der Waals surface area (Å²) in [5, 5.41) is 3.53. The molecule has 0 aliphatic rings. The molecule has 0 aromatic rings. The maximum absolute atomic E-state index is 5.57. The minimum Gasteiger partial charge on any atom is -0.377 e. The molecule has 0 radical (unpaired) electrons. The molecule has 3 heteroatoms. The van der Waals surface area contributed by atoms with Gasteiger partial charge in [-0.1, -0.05) is 13.8 Å². The zero-order valence-electron chi connectivity index (χ0n) is 11.9. The first-order valence-electron chi connectivity index (χ1n) is 6.58. The van der Waals surface area contributed by atoms with Gasteiger partial charge in [0.15, 0.2) is 0 Å². The van der Waals surface area contributed by atoms with Crippen molar-refractivity contribution in [3.63, 3.8) is 0 Å². The van der Waals surface area contributed by atoms with Crippen LogP contribution in [-0.4, -0.2) is 49.8 Å². The third-order valence-corrected chi connectivity index (χ3v) is 3.08. The molecule has 0 spiro atoms. The Balaban J connectivity index is 3.90. The molecule has 1 N–H and O–H groups in total. The van der Waals surface area contributed by atoms with Gasteiger partial charge in [-0.05, 0) is 40.8 Å². The minimum atomic E-state index is 0.333. The molecule has 0 saturated heterocycles. The summed E-state index contributed by atoms with van der Waals surface area (Å²) in [6.07, 6.45) is 1.50. The van der Waals surface area contributed by atoms with Gasteiger partial charge in [-0.15, -0.1) is 0 Å². The maximum Gasteiger partial charge on any atom is 0.0596 e. The number of likely N-dealkylation sites (N-methyl/N-ethyl adjacent to an activating group) is 2. The highest BCUT2D eigenvalue weighted by molar-refractivity contribution is 4.78. The van der Waals surface area contributed by atoms with Crippen LogP contribution in [0.25, 0.3) is 0 Å². The lowest BCUT2D eigenvalue weighted by atomic mass is 10.1. The Morgan fingerprint density at radius 1 is 1.19 bits per heavy atom. The standard InChI is InChI=1S/C13H30N2O/c1-7-13(14-8-2)12(5)15(6)9-10-16-11(3)4/h11-14H,7-10H2,1-6H3. The minimum absolute atomic E-state index is 0.333. The molecule has 0 aromatic heterocycles. The highest BCUT2D eigenvalue weighted by atomic mass is 16.5. The first kappa shape index (κ1) is 15.9. The summed E-state index contributed by atoms with van der Waals surface area (Å²) in [6, 6.07) is 1.13. The van der Waals surface area contributed by atoms with E-state index in [0.29, 0.717) is 18.2 Å². The van der Waals surface area contributed by atoms with Gasteiger partial charge >= 0.3 is 0 Å². The first-order chi connectivity index (χ1) is 7.52. The van der Waals surface area contributed by atoms with E-state index >= 15 is 0 Å². The Labute approximate surface area is 102 Å². The van der Waals surface area contributed by atoms with Crippen molar-refractivity contribution in [1.29, 1.82) is 0 Å². The molecule has 0 rings (SSSR count). The molecule has 2 atom stereocenters. The van der Waals surface area contributed by atoms with Crippen LogP contribution in [0.2, 0.25) is 0 Å². The average Bonchev–Trinajstić information content (AvgIpc) is 2.24. The second kappa shape index (κ2) is 8.97. The molecule has 98 valence electrons. The van der Waals surface area contributed by atoms with Gasteiger partial charge in [0.05, 0.1) is 12.7 Å². The monoisotopic (exact) mass is 230 g/mol. The van der Waals surface area contributed by atoms with Gasteiger partial charge in [0.25, 0.3) is 0 Å². The number of ether oxygens (including phenoxy) is 1. The summed E-state index contributed by atoms with van der Waals surface area (Å²) in [7, 11) is 2.17. The molecule has 0 aliphatic carbocycles. The zero-order chi connectivity index (χ0) is 12.6. The number of nitrogens with zero attached hydrogens (tertiary/aromatic N) is 1. The van der Waals surface area contributed by atoms with Crippen LogP contribution in [0.1, 0.15) is 41.0 Å². The molecule has 0 aromatic carbocycles. The summed E-state index contributed by atoms with van der Waals surface area (Å²) < 4.78 is 5.57. The van der Waals surface area contributed by atoms with E-state index < -0.39 is 0 Å². The summed E-state index contributed by atoms with van der Waals surface area (Å²) in [6.45, 7) is 13.7. The molecule has 0 aliphatic heterocycles. The van der Waals surface area contributed by atoms with Gasteiger partial charge in [-0.2, -0.15) is 0 Å². The van der Waals surface area contributed by atoms with Crippen molar-refractivity contribution in [2.24, 2.45) is 0 Å². The zero-order valence-corrected chi connectivity index (χ0v) is 11.9. The van der Waals surface area contributed by atoms with Crippen LogP contribution >= 0.6 is 0 Å². The fraction of sp³-hybridized carbons (Fsp3) is 1.00. The average molecular weight is 230 g/mol. The number of rotatable bonds is 9. The predicted molar refractivity (Wildman–Crippen MR) is 70.9 cm³/mol. The van der Waals surface area contributed by atoms with E-state index in [9.17, 15) is 0 Å². The Kier molecular flexibility index (Phi) is 8.90. The van der Waals surface area contributed by atoms with Crippen molar-refractivity contribution in [1.82, 2.24) is 10.2 Å². The third kappa shape index (κ3) is 6.46. The molecule has 3 nitrogen and oxygen atoms in total. The quantitative estimate of drug-likeness (QED) is 0.656. The molecular weight excluding hydrogens is 200 g/mol. The van der Waals surface area contributed by atoms with E-state index in [2.05, 4.69) is 51.9 Å². The van der Waals surface area contributed by atoms with Crippen molar-refractivity contribution in [2.45, 2.75) is 59.2 Å². The van der Waals surface area contributed by atoms with Gasteiger partial charge in [0.1, 0.15) is 0 Å². The normalized spacial score (nSPS) is 15.8. The van der Waals surface area contributed by atoms with Crippen molar-refractivity contribution in [3.05, 3.63) is 0 Å². The van der Waals surface area contributed by atoms with E-state index in [1.807, 2.05) is 0 Å². The highest BCUT2D eigenvalue weighted by Gasteiger charge is 2.18. The second-order valence-corrected chi connectivity index (χ2v) is 4.71. The van der Waals surface area contributed by atoms with Crippen LogP contribution in [0.4, 0.5) is 0 Å². The van der Waals surface area contributed by atoms with Gasteiger partial charge in [0, 0.05) is 18.6 Å². The number of hydrogen-bond acceptors (Lipinski definition) is 3. The predicted octanol–water partition coefficient (Wildman–Crippen LogP) is 2.12. The molecule has 0 amide bonds. The largest absolute Gasteiger partial charge is 0.377 e. The molecule has 0 bridgehead atoms. The molecular formula is C13H30N2O.